The van der Waals surface area contributed by atoms with Gasteiger partial charge in [-0.3, -0.25) is 4.79 Å². The van der Waals surface area contributed by atoms with Crippen molar-refractivity contribution in [3.63, 3.8) is 0 Å². The van der Waals surface area contributed by atoms with Crippen LogP contribution in [0.1, 0.15) is 17.2 Å². The first-order valence-corrected chi connectivity index (χ1v) is 9.04. The zero-order valence-electron chi connectivity index (χ0n) is 15.3. The Balaban J connectivity index is 1.68. The van der Waals surface area contributed by atoms with Gasteiger partial charge in [0.15, 0.2) is 0 Å². The van der Waals surface area contributed by atoms with Gasteiger partial charge in [-0.2, -0.15) is 0 Å². The molecule has 0 radical (unpaired) electrons. The highest BCUT2D eigenvalue weighted by Gasteiger charge is 2.16. The number of hydrogen-bond acceptors (Lipinski definition) is 4. The number of carbonyl (C=O) groups excluding carboxylic acids is 1. The standard InChI is InChI=1S/C21H22F2N2O3/c22-17-5-6-19(23)15(12-17)4-7-21(27)24-20(14-26)16-2-1-3-18(13-16)25-8-10-28-11-9-25/h1-7,12-13,20,26H,8-11,14H2,(H,24,27)/b7-4+/t20-/m1/s1. The Morgan fingerprint density at radius 2 is 2.00 bits per heavy atom. The number of halogens is 2. The fraction of sp³-hybridized carbons (Fsp3) is 0.286. The van der Waals surface area contributed by atoms with Gasteiger partial charge in [0.25, 0.3) is 0 Å². The lowest BCUT2D eigenvalue weighted by Gasteiger charge is -2.29. The molecule has 5 nitrogen and oxygen atoms in total. The van der Waals surface area contributed by atoms with Gasteiger partial charge in [-0.1, -0.05) is 12.1 Å². The zero-order chi connectivity index (χ0) is 19.9. The summed E-state index contributed by atoms with van der Waals surface area (Å²) < 4.78 is 32.2. The second-order valence-electron chi connectivity index (χ2n) is 6.44. The van der Waals surface area contributed by atoms with Crippen LogP contribution in [0.15, 0.2) is 48.5 Å². The average molecular weight is 388 g/mol. The monoisotopic (exact) mass is 388 g/mol. The van der Waals surface area contributed by atoms with E-state index in [0.717, 1.165) is 48.6 Å². The molecule has 7 heteroatoms. The van der Waals surface area contributed by atoms with Crippen molar-refractivity contribution in [2.24, 2.45) is 0 Å². The third-order valence-corrected chi connectivity index (χ3v) is 4.52. The lowest BCUT2D eigenvalue weighted by molar-refractivity contribution is -0.117. The smallest absolute Gasteiger partial charge is 0.244 e. The van der Waals surface area contributed by atoms with E-state index in [-0.39, 0.29) is 12.2 Å². The summed E-state index contributed by atoms with van der Waals surface area (Å²) in [4.78, 5) is 14.4. The first-order valence-electron chi connectivity index (χ1n) is 9.04. The van der Waals surface area contributed by atoms with Crippen molar-refractivity contribution in [3.8, 4) is 0 Å². The second kappa shape index (κ2) is 9.43. The van der Waals surface area contributed by atoms with Gasteiger partial charge >= 0.3 is 0 Å². The molecule has 1 aliphatic rings. The number of amides is 1. The summed E-state index contributed by atoms with van der Waals surface area (Å²) in [5.41, 5.74) is 1.72. The van der Waals surface area contributed by atoms with E-state index in [1.165, 1.54) is 6.08 Å². The molecule has 0 spiro atoms. The third-order valence-electron chi connectivity index (χ3n) is 4.52. The first kappa shape index (κ1) is 20.0. The molecule has 3 rings (SSSR count). The van der Waals surface area contributed by atoms with Crippen LogP contribution >= 0.6 is 0 Å². The number of hydrogen-bond donors (Lipinski definition) is 2. The third kappa shape index (κ3) is 5.15. The molecule has 0 bridgehead atoms. The maximum Gasteiger partial charge on any atom is 0.244 e. The van der Waals surface area contributed by atoms with Crippen LogP contribution in [0.4, 0.5) is 14.5 Å². The van der Waals surface area contributed by atoms with Crippen molar-refractivity contribution in [2.75, 3.05) is 37.8 Å². The minimum atomic E-state index is -0.623. The number of carbonyl (C=O) groups is 1. The molecule has 0 aliphatic carbocycles. The number of morpholine rings is 1. The lowest BCUT2D eigenvalue weighted by Crippen LogP contribution is -2.36. The van der Waals surface area contributed by atoms with Gasteiger partial charge < -0.3 is 20.1 Å². The van der Waals surface area contributed by atoms with Crippen LogP contribution in [-0.4, -0.2) is 43.9 Å². The van der Waals surface area contributed by atoms with Crippen LogP contribution in [0.3, 0.4) is 0 Å². The van der Waals surface area contributed by atoms with Crippen LogP contribution in [0.5, 0.6) is 0 Å². The Kier molecular flexibility index (Phi) is 6.73. The number of nitrogens with zero attached hydrogens (tertiary/aromatic N) is 1. The molecule has 1 aliphatic heterocycles. The van der Waals surface area contributed by atoms with E-state index in [9.17, 15) is 18.7 Å². The molecule has 2 aromatic carbocycles. The number of anilines is 1. The highest BCUT2D eigenvalue weighted by molar-refractivity contribution is 5.92. The van der Waals surface area contributed by atoms with Gasteiger partial charge in [-0.15, -0.1) is 0 Å². The van der Waals surface area contributed by atoms with E-state index in [1.54, 1.807) is 0 Å². The summed E-state index contributed by atoms with van der Waals surface area (Å²) >= 11 is 0. The van der Waals surface area contributed by atoms with Gasteiger partial charge in [-0.05, 0) is 42.0 Å². The fourth-order valence-corrected chi connectivity index (χ4v) is 3.02. The Bertz CT molecular complexity index is 851. The molecule has 1 heterocycles. The molecular weight excluding hydrogens is 366 g/mol. The van der Waals surface area contributed by atoms with Crippen LogP contribution < -0.4 is 10.2 Å². The maximum atomic E-state index is 13.6. The van der Waals surface area contributed by atoms with Crippen molar-refractivity contribution in [3.05, 3.63) is 71.3 Å². The SMILES string of the molecule is O=C(/C=C/c1cc(F)ccc1F)N[C@H](CO)c1cccc(N2CCOCC2)c1. The molecule has 2 aromatic rings. The Hall–Kier alpha value is -2.77. The predicted octanol–water partition coefficient (Wildman–Crippen LogP) is 2.66. The number of benzene rings is 2. The topological polar surface area (TPSA) is 61.8 Å². The van der Waals surface area contributed by atoms with E-state index < -0.39 is 23.6 Å². The van der Waals surface area contributed by atoms with E-state index in [2.05, 4.69) is 10.2 Å². The van der Waals surface area contributed by atoms with Crippen LogP contribution in [0.2, 0.25) is 0 Å². The normalized spacial score (nSPS) is 15.6. The van der Waals surface area contributed by atoms with Crippen LogP contribution in [0, 0.1) is 11.6 Å². The molecule has 0 saturated carbocycles. The quantitative estimate of drug-likeness (QED) is 0.747. The van der Waals surface area contributed by atoms with Gasteiger partial charge in [0.2, 0.25) is 5.91 Å². The summed E-state index contributed by atoms with van der Waals surface area (Å²) in [7, 11) is 0. The van der Waals surface area contributed by atoms with Crippen molar-refractivity contribution >= 4 is 17.7 Å². The summed E-state index contributed by atoms with van der Waals surface area (Å²) in [6.07, 6.45) is 2.32. The highest BCUT2D eigenvalue weighted by atomic mass is 19.1. The van der Waals surface area contributed by atoms with Crippen molar-refractivity contribution in [2.45, 2.75) is 6.04 Å². The Morgan fingerprint density at radius 1 is 1.21 bits per heavy atom. The highest BCUT2D eigenvalue weighted by Crippen LogP contribution is 2.22. The van der Waals surface area contributed by atoms with Gasteiger partial charge in [0.1, 0.15) is 11.6 Å². The van der Waals surface area contributed by atoms with Gasteiger partial charge in [-0.25, -0.2) is 8.78 Å². The molecule has 0 aromatic heterocycles. The summed E-state index contributed by atoms with van der Waals surface area (Å²) in [6, 6.07) is 9.98. The van der Waals surface area contributed by atoms with Crippen molar-refractivity contribution in [1.82, 2.24) is 5.32 Å². The van der Waals surface area contributed by atoms with E-state index in [0.29, 0.717) is 13.2 Å². The number of rotatable bonds is 6. The lowest BCUT2D eigenvalue weighted by atomic mass is 10.1. The zero-order valence-corrected chi connectivity index (χ0v) is 15.3. The predicted molar refractivity (Wildman–Crippen MR) is 103 cm³/mol. The summed E-state index contributed by atoms with van der Waals surface area (Å²) in [5.74, 6) is -1.73. The molecule has 2 N–H and O–H groups in total. The fourth-order valence-electron chi connectivity index (χ4n) is 3.02. The van der Waals surface area contributed by atoms with Crippen LogP contribution in [-0.2, 0) is 9.53 Å². The minimum Gasteiger partial charge on any atom is -0.394 e. The molecule has 1 fully saturated rings. The molecule has 1 amide bonds. The van der Waals surface area contributed by atoms with Gasteiger partial charge in [0.05, 0.1) is 25.9 Å². The number of aliphatic hydroxyl groups is 1. The van der Waals surface area contributed by atoms with E-state index >= 15 is 0 Å². The minimum absolute atomic E-state index is 0.0231. The Morgan fingerprint density at radius 3 is 2.75 bits per heavy atom. The van der Waals surface area contributed by atoms with E-state index in [4.69, 9.17) is 4.74 Å². The first-order chi connectivity index (χ1) is 13.6. The molecular formula is C21H22F2N2O3. The number of aliphatic hydroxyl groups excluding tert-OH is 1. The average Bonchev–Trinajstić information content (AvgIpc) is 2.73. The van der Waals surface area contributed by atoms with Crippen molar-refractivity contribution < 1.29 is 23.4 Å². The maximum absolute atomic E-state index is 13.6. The van der Waals surface area contributed by atoms with Gasteiger partial charge in [0, 0.05) is 30.4 Å². The summed E-state index contributed by atoms with van der Waals surface area (Å²) in [6.45, 7) is 2.58. The summed E-state index contributed by atoms with van der Waals surface area (Å²) in [5, 5.41) is 12.4. The number of ether oxygens (including phenoxy) is 1. The second-order valence-corrected chi connectivity index (χ2v) is 6.44. The molecule has 28 heavy (non-hydrogen) atoms. The molecule has 1 saturated heterocycles. The Labute approximate surface area is 162 Å². The van der Waals surface area contributed by atoms with Crippen LogP contribution in [0.25, 0.3) is 6.08 Å². The largest absolute Gasteiger partial charge is 0.394 e. The molecule has 1 atom stereocenters. The number of nitrogens with one attached hydrogen (secondary N) is 1. The molecule has 148 valence electrons. The van der Waals surface area contributed by atoms with E-state index in [1.807, 2.05) is 24.3 Å². The van der Waals surface area contributed by atoms with Crippen molar-refractivity contribution in [1.29, 1.82) is 0 Å². The molecule has 0 unspecified atom stereocenters.